The van der Waals surface area contributed by atoms with Crippen molar-refractivity contribution < 1.29 is 18.6 Å². The van der Waals surface area contributed by atoms with Crippen LogP contribution in [-0.4, -0.2) is 33.2 Å². The van der Waals surface area contributed by atoms with Gasteiger partial charge in [-0.3, -0.25) is 0 Å². The first-order valence-corrected chi connectivity index (χ1v) is 14.7. The van der Waals surface area contributed by atoms with Gasteiger partial charge in [-0.15, -0.1) is 0 Å². The molecule has 0 amide bonds. The Hall–Kier alpha value is -1.20. The van der Waals surface area contributed by atoms with Gasteiger partial charge < -0.3 is 18.6 Å². The number of ether oxygens (including phenoxy) is 3. The van der Waals surface area contributed by atoms with E-state index in [4.69, 9.17) is 18.6 Å². The number of hydrogen-bond donors (Lipinski definition) is 0. The van der Waals surface area contributed by atoms with Gasteiger partial charge in [-0.2, -0.15) is 0 Å². The topological polar surface area (TPSA) is 36.9 Å². The highest BCUT2D eigenvalue weighted by molar-refractivity contribution is 6.73. The number of allylic oxidation sites excluding steroid dienone is 6. The zero-order chi connectivity index (χ0) is 23.9. The number of rotatable bonds is 17. The lowest BCUT2D eigenvalue weighted by atomic mass is 10.3. The molecule has 0 saturated heterocycles. The van der Waals surface area contributed by atoms with E-state index in [1.165, 1.54) is 0 Å². The first-order valence-electron chi connectivity index (χ1n) is 12.1. The molecule has 0 heterocycles. The normalized spacial score (nSPS) is 18.2. The second-order valence-corrected chi connectivity index (χ2v) is 12.9. The van der Waals surface area contributed by atoms with Crippen molar-refractivity contribution >= 4 is 8.32 Å². The molecule has 0 fully saturated rings. The van der Waals surface area contributed by atoms with Gasteiger partial charge in [-0.25, -0.2) is 0 Å². The predicted molar refractivity (Wildman–Crippen MR) is 136 cm³/mol. The van der Waals surface area contributed by atoms with Crippen molar-refractivity contribution in [2.24, 2.45) is 0 Å². The molecule has 0 radical (unpaired) electrons. The summed E-state index contributed by atoms with van der Waals surface area (Å²) in [6.45, 7) is 21.5. The van der Waals surface area contributed by atoms with E-state index in [9.17, 15) is 0 Å². The lowest BCUT2D eigenvalue weighted by molar-refractivity contribution is 0.121. The van der Waals surface area contributed by atoms with Gasteiger partial charge in [0.15, 0.2) is 8.32 Å². The molecule has 0 bridgehead atoms. The third kappa shape index (κ3) is 13.7. The second kappa shape index (κ2) is 16.4. The standard InChI is InChI=1S/C26H50O4Si/c1-11-21(5)28-24(8)15-18-31(27-14-4,19-16-25(9)29-22(6)12-2)20-17-26(10)30-23(7)13-3/h11-13,24-26H,14-20H2,1-10H3/b21-11-,22-12-,23-13-. The smallest absolute Gasteiger partial charge is 0.193 e. The van der Waals surface area contributed by atoms with Crippen LogP contribution >= 0.6 is 0 Å². The van der Waals surface area contributed by atoms with E-state index in [-0.39, 0.29) is 18.3 Å². The molecule has 3 atom stereocenters. The van der Waals surface area contributed by atoms with Crippen molar-refractivity contribution in [3.63, 3.8) is 0 Å². The van der Waals surface area contributed by atoms with Crippen molar-refractivity contribution in [2.45, 2.75) is 125 Å². The van der Waals surface area contributed by atoms with E-state index < -0.39 is 8.32 Å². The van der Waals surface area contributed by atoms with E-state index in [1.54, 1.807) is 0 Å². The zero-order valence-corrected chi connectivity index (χ0v) is 23.0. The molecule has 0 aromatic rings. The SMILES string of the molecule is C/C=C(/C)OC(C)CC[Si](CCC(C)O/C(C)=C\C)(CCC(C)O/C(C)=C\C)OCC. The van der Waals surface area contributed by atoms with Crippen LogP contribution in [0.3, 0.4) is 0 Å². The highest BCUT2D eigenvalue weighted by atomic mass is 28.4. The van der Waals surface area contributed by atoms with E-state index in [2.05, 4.69) is 27.7 Å². The Balaban J connectivity index is 5.28. The Bertz CT molecular complexity index is 494. The quantitative estimate of drug-likeness (QED) is 0.164. The van der Waals surface area contributed by atoms with Crippen molar-refractivity contribution in [1.29, 1.82) is 0 Å². The molecule has 0 aliphatic carbocycles. The van der Waals surface area contributed by atoms with Crippen LogP contribution in [0.15, 0.2) is 35.5 Å². The highest BCUT2D eigenvalue weighted by Gasteiger charge is 2.35. The second-order valence-electron chi connectivity index (χ2n) is 8.72. The maximum absolute atomic E-state index is 6.60. The van der Waals surface area contributed by atoms with Crippen LogP contribution in [0.2, 0.25) is 18.1 Å². The van der Waals surface area contributed by atoms with E-state index >= 15 is 0 Å². The molecule has 0 spiro atoms. The predicted octanol–water partition coefficient (Wildman–Crippen LogP) is 8.13. The van der Waals surface area contributed by atoms with Crippen LogP contribution in [-0.2, 0) is 18.6 Å². The van der Waals surface area contributed by atoms with Crippen LogP contribution in [0.4, 0.5) is 0 Å². The monoisotopic (exact) mass is 454 g/mol. The summed E-state index contributed by atoms with van der Waals surface area (Å²) >= 11 is 0. The lowest BCUT2D eigenvalue weighted by Gasteiger charge is -2.34. The van der Waals surface area contributed by atoms with E-state index in [0.717, 1.165) is 61.3 Å². The van der Waals surface area contributed by atoms with Crippen molar-refractivity contribution in [3.8, 4) is 0 Å². The maximum Gasteiger partial charge on any atom is 0.193 e. The zero-order valence-electron chi connectivity index (χ0n) is 22.0. The highest BCUT2D eigenvalue weighted by Crippen LogP contribution is 2.31. The van der Waals surface area contributed by atoms with Gasteiger partial charge in [0.1, 0.15) is 0 Å². The Kier molecular flexibility index (Phi) is 15.8. The average Bonchev–Trinajstić information content (AvgIpc) is 2.74. The van der Waals surface area contributed by atoms with E-state index in [0.29, 0.717) is 0 Å². The van der Waals surface area contributed by atoms with Crippen molar-refractivity contribution in [3.05, 3.63) is 35.5 Å². The molecule has 0 rings (SSSR count). The fourth-order valence-corrected chi connectivity index (χ4v) is 8.22. The molecule has 0 N–H and O–H groups in total. The molecule has 4 nitrogen and oxygen atoms in total. The van der Waals surface area contributed by atoms with Gasteiger partial charge in [0.25, 0.3) is 0 Å². The van der Waals surface area contributed by atoms with Crippen molar-refractivity contribution in [2.75, 3.05) is 6.61 Å². The Morgan fingerprint density at radius 2 is 0.935 bits per heavy atom. The molecule has 31 heavy (non-hydrogen) atoms. The molecule has 5 heteroatoms. The molecule has 0 saturated carbocycles. The first-order chi connectivity index (χ1) is 14.6. The Labute approximate surface area is 194 Å². The number of hydrogen-bond acceptors (Lipinski definition) is 4. The molecular formula is C26H50O4Si. The molecule has 0 aromatic heterocycles. The maximum atomic E-state index is 6.60. The molecule has 182 valence electrons. The van der Waals surface area contributed by atoms with Gasteiger partial charge >= 0.3 is 0 Å². The minimum absolute atomic E-state index is 0.196. The summed E-state index contributed by atoms with van der Waals surface area (Å²) < 4.78 is 24.7. The van der Waals surface area contributed by atoms with Crippen LogP contribution < -0.4 is 0 Å². The Morgan fingerprint density at radius 3 is 1.16 bits per heavy atom. The van der Waals surface area contributed by atoms with Crippen LogP contribution in [0.1, 0.15) is 88.5 Å². The first kappa shape index (κ1) is 29.8. The third-order valence-corrected chi connectivity index (χ3v) is 10.4. The van der Waals surface area contributed by atoms with Gasteiger partial charge in [0.05, 0.1) is 35.6 Å². The third-order valence-electron chi connectivity index (χ3n) is 5.85. The van der Waals surface area contributed by atoms with Gasteiger partial charge in [-0.05, 0) is 125 Å². The summed E-state index contributed by atoms with van der Waals surface area (Å²) in [5, 5.41) is 0. The lowest BCUT2D eigenvalue weighted by Crippen LogP contribution is -2.40. The fourth-order valence-electron chi connectivity index (χ4n) is 3.63. The molecule has 0 aliphatic rings. The largest absolute Gasteiger partial charge is 0.496 e. The summed E-state index contributed by atoms with van der Waals surface area (Å²) in [5.41, 5.74) is 0. The Morgan fingerprint density at radius 1 is 0.645 bits per heavy atom. The molecule has 0 aromatic carbocycles. The van der Waals surface area contributed by atoms with E-state index in [1.807, 2.05) is 59.8 Å². The van der Waals surface area contributed by atoms with Crippen molar-refractivity contribution in [1.82, 2.24) is 0 Å². The van der Waals surface area contributed by atoms with Gasteiger partial charge in [-0.1, -0.05) is 0 Å². The molecule has 3 unspecified atom stereocenters. The summed E-state index contributed by atoms with van der Waals surface area (Å²) in [5.74, 6) is 2.97. The summed E-state index contributed by atoms with van der Waals surface area (Å²) in [6.07, 6.45) is 9.71. The average molecular weight is 455 g/mol. The van der Waals surface area contributed by atoms with Gasteiger partial charge in [0, 0.05) is 6.61 Å². The minimum atomic E-state index is -1.97. The van der Waals surface area contributed by atoms with Crippen LogP contribution in [0.5, 0.6) is 0 Å². The minimum Gasteiger partial charge on any atom is -0.496 e. The molecular weight excluding hydrogens is 404 g/mol. The summed E-state index contributed by atoms with van der Waals surface area (Å²) in [6, 6.07) is 3.30. The van der Waals surface area contributed by atoms with Crippen LogP contribution in [0, 0.1) is 0 Å². The summed E-state index contributed by atoms with van der Waals surface area (Å²) in [4.78, 5) is 0. The molecule has 0 aliphatic heterocycles. The van der Waals surface area contributed by atoms with Crippen LogP contribution in [0.25, 0.3) is 0 Å². The van der Waals surface area contributed by atoms with Gasteiger partial charge in [0.2, 0.25) is 0 Å². The summed E-state index contributed by atoms with van der Waals surface area (Å²) in [7, 11) is -1.97. The fraction of sp³-hybridized carbons (Fsp3) is 0.769.